The summed E-state index contributed by atoms with van der Waals surface area (Å²) in [5, 5.41) is 2.21. The number of carbonyl (C=O) groups excluding carboxylic acids is 1. The second-order valence-corrected chi connectivity index (χ2v) is 9.55. The predicted molar refractivity (Wildman–Crippen MR) is 186 cm³/mol. The van der Waals surface area contributed by atoms with Crippen molar-refractivity contribution in [1.29, 1.82) is 0 Å². The van der Waals surface area contributed by atoms with E-state index in [1.807, 2.05) is 6.92 Å². The van der Waals surface area contributed by atoms with E-state index in [-0.39, 0.29) is 23.7 Å². The highest BCUT2D eigenvalue weighted by molar-refractivity contribution is 6.28. The number of nitrogens with one attached hydrogen (secondary N) is 6. The first kappa shape index (κ1) is 40.9. The fraction of sp³-hybridized carbons (Fsp3) is 0.192. The summed E-state index contributed by atoms with van der Waals surface area (Å²) in [5.74, 6) is -0.0851. The summed E-state index contributed by atoms with van der Waals surface area (Å²) in [6, 6.07) is 3.03. The van der Waals surface area contributed by atoms with Gasteiger partial charge in [0.05, 0.1) is 19.1 Å². The maximum absolute atomic E-state index is 13.1. The van der Waals surface area contributed by atoms with Gasteiger partial charge in [-0.2, -0.15) is 19.9 Å². The smallest absolute Gasteiger partial charge is 0.412 e. The van der Waals surface area contributed by atoms with Crippen LogP contribution in [-0.2, 0) is 4.74 Å². The molecule has 24 nitrogen and oxygen atoms in total. The number of imidazole rings is 1. The van der Waals surface area contributed by atoms with Crippen molar-refractivity contribution < 1.29 is 13.9 Å². The van der Waals surface area contributed by atoms with Crippen LogP contribution in [0.25, 0.3) is 11.2 Å². The molecular formula is C26H32ClFN18O6. The third kappa shape index (κ3) is 16.2. The molecule has 276 valence electrons. The van der Waals surface area contributed by atoms with Crippen molar-refractivity contribution >= 4 is 58.1 Å². The van der Waals surface area contributed by atoms with Gasteiger partial charge in [0.2, 0.25) is 11.2 Å². The average Bonchev–Trinajstić information content (AvgIpc) is 3.55. The molecule has 0 saturated carbocycles. The minimum absolute atomic E-state index is 0.0880. The topological polar surface area (TPSA) is 393 Å². The first-order chi connectivity index (χ1) is 24.8. The Labute approximate surface area is 294 Å². The van der Waals surface area contributed by atoms with E-state index in [0.717, 1.165) is 31.8 Å². The number of amides is 1. The standard InChI is InChI=1S/C10H14FN3O3.C5H4ClN5.2C4H5N3O.C3H4N4O/c1-2-3-4-5-17-10(16)14-8-7(11)6-12-9(15)13-8;6-5-10-3(7)2-4(11-5)9-1-8-2;2*5-3-1-2-6-4(8)7-3;4-2-5-1-6-3(8)7-2/h6H,2-5H2,1H3,(H2,12,13,14,15,16);1H,(H3,7,8,9,10,11);2*1-2H,(H3,5,6,7,8);1H,(H3,4,5,6,7,8). The molecule has 26 heteroatoms. The minimum atomic E-state index is -0.824. The zero-order valence-corrected chi connectivity index (χ0v) is 27.7. The van der Waals surface area contributed by atoms with Crippen molar-refractivity contribution in [2.45, 2.75) is 26.2 Å². The summed E-state index contributed by atoms with van der Waals surface area (Å²) >= 11 is 5.52. The lowest BCUT2D eigenvalue weighted by atomic mass is 10.3. The van der Waals surface area contributed by atoms with Gasteiger partial charge in [0.1, 0.15) is 23.5 Å². The number of hydrogen-bond donors (Lipinski definition) is 10. The molecule has 0 bridgehead atoms. The van der Waals surface area contributed by atoms with Crippen LogP contribution in [-0.4, -0.2) is 77.5 Å². The molecule has 0 unspecified atom stereocenters. The van der Waals surface area contributed by atoms with E-state index in [1.165, 1.54) is 30.9 Å². The second kappa shape index (κ2) is 21.6. The van der Waals surface area contributed by atoms with E-state index in [9.17, 15) is 28.4 Å². The fourth-order valence-corrected chi connectivity index (χ4v) is 3.21. The van der Waals surface area contributed by atoms with E-state index in [1.54, 1.807) is 0 Å². The molecule has 0 atom stereocenters. The van der Waals surface area contributed by atoms with Gasteiger partial charge in [-0.25, -0.2) is 48.3 Å². The van der Waals surface area contributed by atoms with Gasteiger partial charge >= 0.3 is 28.9 Å². The number of halogens is 2. The number of H-pyrrole nitrogens is 5. The highest BCUT2D eigenvalue weighted by atomic mass is 35.5. The number of nitrogens with two attached hydrogens (primary N) is 4. The number of ether oxygens (including phenoxy) is 1. The third-order valence-electron chi connectivity index (χ3n) is 5.26. The van der Waals surface area contributed by atoms with Crippen molar-refractivity contribution in [3.63, 3.8) is 0 Å². The van der Waals surface area contributed by atoms with Crippen LogP contribution in [0, 0.1) is 5.82 Å². The fourth-order valence-electron chi connectivity index (χ4n) is 3.04. The Morgan fingerprint density at radius 3 is 1.96 bits per heavy atom. The maximum Gasteiger partial charge on any atom is 0.412 e. The summed E-state index contributed by atoms with van der Waals surface area (Å²) in [4.78, 5) is 92.2. The summed E-state index contributed by atoms with van der Waals surface area (Å²) in [5.41, 5.74) is 19.9. The number of nitrogen functional groups attached to an aromatic ring is 4. The molecule has 0 fully saturated rings. The molecule has 0 aromatic carbocycles. The Kier molecular flexibility index (Phi) is 17.0. The molecule has 1 amide bonds. The normalized spacial score (nSPS) is 9.67. The number of nitrogens with zero attached hydrogens (tertiary/aromatic N) is 8. The minimum Gasteiger partial charge on any atom is -0.449 e. The van der Waals surface area contributed by atoms with Gasteiger partial charge in [0, 0.05) is 12.4 Å². The Hall–Kier alpha value is -7.31. The van der Waals surface area contributed by atoms with E-state index in [0.29, 0.717) is 28.6 Å². The van der Waals surface area contributed by atoms with Crippen LogP contribution in [0.4, 0.5) is 38.4 Å². The summed E-state index contributed by atoms with van der Waals surface area (Å²) in [6.45, 7) is 2.29. The van der Waals surface area contributed by atoms with E-state index in [4.69, 9.17) is 39.3 Å². The van der Waals surface area contributed by atoms with E-state index < -0.39 is 34.7 Å². The third-order valence-corrected chi connectivity index (χ3v) is 5.43. The van der Waals surface area contributed by atoms with Crippen LogP contribution in [0.15, 0.2) is 62.6 Å². The van der Waals surface area contributed by atoms with Crippen LogP contribution in [0.3, 0.4) is 0 Å². The largest absolute Gasteiger partial charge is 0.449 e. The van der Waals surface area contributed by atoms with Gasteiger partial charge in [-0.1, -0.05) is 19.8 Å². The van der Waals surface area contributed by atoms with Crippen LogP contribution >= 0.6 is 11.6 Å². The highest BCUT2D eigenvalue weighted by Crippen LogP contribution is 2.14. The van der Waals surface area contributed by atoms with Gasteiger partial charge < -0.3 is 32.7 Å². The Morgan fingerprint density at radius 1 is 0.827 bits per heavy atom. The quantitative estimate of drug-likeness (QED) is 0.0798. The predicted octanol–water partition coefficient (Wildman–Crippen LogP) is -0.312. The number of fused-ring (bicyclic) bond motifs is 1. The van der Waals surface area contributed by atoms with Crippen molar-refractivity contribution in [3.8, 4) is 0 Å². The first-order valence-corrected chi connectivity index (χ1v) is 14.7. The Bertz CT molecular complexity index is 2120. The summed E-state index contributed by atoms with van der Waals surface area (Å²) < 4.78 is 17.9. The molecule has 0 spiro atoms. The number of rotatable bonds is 5. The van der Waals surface area contributed by atoms with Gasteiger partial charge in [-0.15, -0.1) is 0 Å². The van der Waals surface area contributed by atoms with Crippen molar-refractivity contribution in [3.05, 3.63) is 96.4 Å². The van der Waals surface area contributed by atoms with Crippen molar-refractivity contribution in [2.75, 3.05) is 34.9 Å². The molecule has 6 heterocycles. The molecule has 52 heavy (non-hydrogen) atoms. The summed E-state index contributed by atoms with van der Waals surface area (Å²) in [6.07, 6.45) is 7.94. The zero-order valence-electron chi connectivity index (χ0n) is 27.0. The molecule has 6 aromatic heterocycles. The Balaban J connectivity index is 0.000000234. The van der Waals surface area contributed by atoms with Crippen LogP contribution in [0.2, 0.25) is 5.28 Å². The molecule has 0 aliphatic heterocycles. The van der Waals surface area contributed by atoms with Gasteiger partial charge in [0.25, 0.3) is 0 Å². The number of aromatic amines is 5. The molecule has 14 N–H and O–H groups in total. The van der Waals surface area contributed by atoms with Crippen LogP contribution in [0.1, 0.15) is 26.2 Å². The van der Waals surface area contributed by atoms with Gasteiger partial charge in [-0.05, 0) is 30.2 Å². The Morgan fingerprint density at radius 2 is 1.44 bits per heavy atom. The van der Waals surface area contributed by atoms with E-state index in [2.05, 4.69) is 70.1 Å². The van der Waals surface area contributed by atoms with Gasteiger partial charge in [0.15, 0.2) is 23.1 Å². The lowest BCUT2D eigenvalue weighted by Gasteiger charge is -2.06. The maximum atomic E-state index is 13.1. The summed E-state index contributed by atoms with van der Waals surface area (Å²) in [7, 11) is 0. The molecule has 6 rings (SSSR count). The second-order valence-electron chi connectivity index (χ2n) is 9.21. The lowest BCUT2D eigenvalue weighted by molar-refractivity contribution is 0.159. The zero-order chi connectivity index (χ0) is 38.5. The number of carbonyl (C=O) groups is 1. The molecule has 6 aromatic rings. The van der Waals surface area contributed by atoms with Crippen LogP contribution < -0.4 is 51.0 Å². The molecular weight excluding hydrogens is 715 g/mol. The molecule has 0 radical (unpaired) electrons. The van der Waals surface area contributed by atoms with Crippen LogP contribution in [0.5, 0.6) is 0 Å². The number of anilines is 5. The molecule has 0 aliphatic rings. The number of hydrogen-bond acceptors (Lipinski definition) is 18. The lowest BCUT2D eigenvalue weighted by Crippen LogP contribution is -2.20. The number of unbranched alkanes of at least 4 members (excludes halogenated alkanes) is 2. The number of aromatic nitrogens is 13. The molecule has 0 saturated heterocycles. The van der Waals surface area contributed by atoms with Crippen molar-refractivity contribution in [2.24, 2.45) is 0 Å². The SMILES string of the molecule is CCCCCOC(=O)Nc1[nH]c(=O)ncc1F.Nc1ccnc(=O)[nH]1.Nc1ccnc(=O)[nH]1.Nc1nc(Cl)nc2nc[nH]c12.Nc1ncnc(=O)[nH]1. The van der Waals surface area contributed by atoms with Crippen molar-refractivity contribution in [1.82, 2.24) is 64.8 Å². The molecule has 0 aliphatic carbocycles. The van der Waals surface area contributed by atoms with Gasteiger partial charge in [-0.3, -0.25) is 25.3 Å². The van der Waals surface area contributed by atoms with E-state index >= 15 is 0 Å². The average molecular weight is 747 g/mol. The first-order valence-electron chi connectivity index (χ1n) is 14.4. The monoisotopic (exact) mass is 746 g/mol. The highest BCUT2D eigenvalue weighted by Gasteiger charge is 2.09.